The van der Waals surface area contributed by atoms with E-state index in [-0.39, 0.29) is 0 Å². The van der Waals surface area contributed by atoms with Crippen LogP contribution in [-0.4, -0.2) is 18.3 Å². The van der Waals surface area contributed by atoms with Gasteiger partial charge in [-0.15, -0.1) is 0 Å². The van der Waals surface area contributed by atoms with E-state index in [4.69, 9.17) is 0 Å². The summed E-state index contributed by atoms with van der Waals surface area (Å²) in [5.41, 5.74) is 18.9. The summed E-state index contributed by atoms with van der Waals surface area (Å²) in [6, 6.07) is 93.6. The van der Waals surface area contributed by atoms with Crippen LogP contribution in [-0.2, 0) is 0 Å². The lowest BCUT2D eigenvalue weighted by atomic mass is 9.98. The quantitative estimate of drug-likeness (QED) is 0.158. The Morgan fingerprint density at radius 3 is 0.743 bits per heavy atom. The molecule has 4 heteroatoms. The molecule has 0 aliphatic rings. The van der Waals surface area contributed by atoms with Crippen LogP contribution in [0.15, 0.2) is 255 Å². The average molecular weight is 891 g/mol. The second kappa shape index (κ2) is 15.1. The van der Waals surface area contributed by atoms with E-state index in [1.807, 2.05) is 0 Å². The van der Waals surface area contributed by atoms with Gasteiger partial charge in [-0.25, -0.2) is 0 Å². The smallest absolute Gasteiger partial charge is 0.0541 e. The first-order chi connectivity index (χ1) is 34.7. The maximum atomic E-state index is 2.46. The lowest BCUT2D eigenvalue weighted by molar-refractivity contribution is 1.13. The molecule has 0 saturated heterocycles. The maximum Gasteiger partial charge on any atom is 0.0541 e. The Bertz CT molecular complexity index is 4310. The number of hydrogen-bond acceptors (Lipinski definition) is 0. The zero-order valence-corrected chi connectivity index (χ0v) is 38.0. The molecule has 0 bridgehead atoms. The van der Waals surface area contributed by atoms with Crippen molar-refractivity contribution < 1.29 is 0 Å². The van der Waals surface area contributed by atoms with Gasteiger partial charge in [-0.05, 0) is 138 Å². The Balaban J connectivity index is 0.943. The maximum absolute atomic E-state index is 2.46. The van der Waals surface area contributed by atoms with Crippen molar-refractivity contribution in [2.75, 3.05) is 0 Å². The molecular weight excluding hydrogens is 849 g/mol. The van der Waals surface area contributed by atoms with E-state index in [9.17, 15) is 0 Å². The lowest BCUT2D eigenvalue weighted by Gasteiger charge is -2.13. The monoisotopic (exact) mass is 890 g/mol. The highest BCUT2D eigenvalue weighted by molar-refractivity contribution is 6.15. The Labute approximate surface area is 403 Å². The second-order valence-electron chi connectivity index (χ2n) is 18.5. The van der Waals surface area contributed by atoms with Crippen LogP contribution in [0.25, 0.3) is 132 Å². The van der Waals surface area contributed by atoms with Crippen LogP contribution in [0.5, 0.6) is 0 Å². The van der Waals surface area contributed by atoms with Crippen molar-refractivity contribution in [3.8, 4) is 45.0 Å². The third-order valence-electron chi connectivity index (χ3n) is 14.7. The molecular formula is C66H42N4. The van der Waals surface area contributed by atoms with Gasteiger partial charge in [-0.3, -0.25) is 0 Å². The molecule has 0 unspecified atom stereocenters. The highest BCUT2D eigenvalue weighted by Gasteiger charge is 2.20. The van der Waals surface area contributed by atoms with Gasteiger partial charge in [0, 0.05) is 65.8 Å². The number of hydrogen-bond donors (Lipinski definition) is 0. The highest BCUT2D eigenvalue weighted by atomic mass is 15.0. The lowest BCUT2D eigenvalue weighted by Crippen LogP contribution is -1.98. The van der Waals surface area contributed by atoms with Crippen molar-refractivity contribution in [2.45, 2.75) is 0 Å². The topological polar surface area (TPSA) is 19.7 Å². The zero-order valence-electron chi connectivity index (χ0n) is 38.0. The molecule has 70 heavy (non-hydrogen) atoms. The molecule has 15 aromatic rings. The Kier molecular flexibility index (Phi) is 8.33. The molecule has 4 aromatic heterocycles. The molecule has 15 rings (SSSR count). The number of para-hydroxylation sites is 6. The minimum absolute atomic E-state index is 1.12. The van der Waals surface area contributed by atoms with Gasteiger partial charge in [-0.2, -0.15) is 0 Å². The molecule has 0 amide bonds. The van der Waals surface area contributed by atoms with Crippen molar-refractivity contribution >= 4 is 87.2 Å². The third-order valence-corrected chi connectivity index (χ3v) is 14.7. The summed E-state index contributed by atoms with van der Waals surface area (Å²) in [6.07, 6.45) is 0. The fraction of sp³-hybridized carbons (Fsp3) is 0. The van der Waals surface area contributed by atoms with Gasteiger partial charge in [-0.1, -0.05) is 140 Å². The highest BCUT2D eigenvalue weighted by Crippen LogP contribution is 2.42. The molecule has 326 valence electrons. The van der Waals surface area contributed by atoms with Crippen molar-refractivity contribution in [3.63, 3.8) is 0 Å². The Morgan fingerprint density at radius 2 is 0.400 bits per heavy atom. The van der Waals surface area contributed by atoms with Gasteiger partial charge in [0.05, 0.1) is 44.1 Å². The minimum atomic E-state index is 1.12. The van der Waals surface area contributed by atoms with E-state index in [1.54, 1.807) is 0 Å². The van der Waals surface area contributed by atoms with Crippen LogP contribution in [0.1, 0.15) is 0 Å². The zero-order chi connectivity index (χ0) is 45.9. The fourth-order valence-corrected chi connectivity index (χ4v) is 11.6. The van der Waals surface area contributed by atoms with E-state index in [0.29, 0.717) is 0 Å². The molecule has 0 atom stereocenters. The number of benzene rings is 11. The predicted molar refractivity (Wildman–Crippen MR) is 295 cm³/mol. The summed E-state index contributed by atoms with van der Waals surface area (Å²) in [4.78, 5) is 0. The molecule has 11 aromatic carbocycles. The summed E-state index contributed by atoms with van der Waals surface area (Å²) < 4.78 is 9.64. The van der Waals surface area contributed by atoms with Gasteiger partial charge in [0.2, 0.25) is 0 Å². The second-order valence-corrected chi connectivity index (χ2v) is 18.5. The summed E-state index contributed by atoms with van der Waals surface area (Å²) >= 11 is 0. The third kappa shape index (κ3) is 5.71. The van der Waals surface area contributed by atoms with Crippen molar-refractivity contribution in [1.29, 1.82) is 0 Å². The molecule has 0 saturated carbocycles. The summed E-state index contributed by atoms with van der Waals surface area (Å²) in [6.45, 7) is 0. The van der Waals surface area contributed by atoms with E-state index >= 15 is 0 Å². The summed E-state index contributed by atoms with van der Waals surface area (Å²) in [5, 5.41) is 9.92. The van der Waals surface area contributed by atoms with E-state index in [1.165, 1.54) is 109 Å². The predicted octanol–water partition coefficient (Wildman–Crippen LogP) is 17.4. The number of rotatable bonds is 6. The first kappa shape index (κ1) is 38.7. The van der Waals surface area contributed by atoms with Gasteiger partial charge in [0.1, 0.15) is 0 Å². The van der Waals surface area contributed by atoms with Crippen molar-refractivity contribution in [1.82, 2.24) is 18.3 Å². The molecule has 0 aliphatic carbocycles. The molecule has 0 aliphatic heterocycles. The van der Waals surface area contributed by atoms with E-state index < -0.39 is 0 Å². The first-order valence-electron chi connectivity index (χ1n) is 24.1. The normalized spacial score (nSPS) is 12.0. The van der Waals surface area contributed by atoms with E-state index in [0.717, 1.165) is 22.7 Å². The van der Waals surface area contributed by atoms with E-state index in [2.05, 4.69) is 273 Å². The molecule has 0 fully saturated rings. The summed E-state index contributed by atoms with van der Waals surface area (Å²) in [5.74, 6) is 0. The minimum Gasteiger partial charge on any atom is -0.309 e. The SMILES string of the molecule is c1ccc(-n2c3ccccc3c3cc(-c4ccc5c(c4)c4cc(-c6ccc7c(c6)c6ccccc6n7-c6ccccc6)ccc4n5-c4cccc(-n5c6ccccc6c6ccccc65)c4)ccc32)cc1. The fourth-order valence-electron chi connectivity index (χ4n) is 11.6. The van der Waals surface area contributed by atoms with Crippen LogP contribution in [0.3, 0.4) is 0 Å². The largest absolute Gasteiger partial charge is 0.309 e. The van der Waals surface area contributed by atoms with Crippen molar-refractivity contribution in [3.05, 3.63) is 255 Å². The Morgan fingerprint density at radius 1 is 0.157 bits per heavy atom. The molecule has 4 nitrogen and oxygen atoms in total. The van der Waals surface area contributed by atoms with Crippen LogP contribution in [0.4, 0.5) is 0 Å². The molecule has 0 radical (unpaired) electrons. The standard InChI is InChI=1S/C66H42N4/c1-3-16-47(17-4-1)67-61-28-13-9-24-53(61)55-38-43(30-34-63(55)67)45-32-36-65-57(40-45)58-41-46(44-31-35-64-56(39-44)54-25-10-14-29-62(54)68(64)48-18-5-2-6-19-48)33-37-66(58)70(65)50-21-15-20-49(42-50)69-59-26-11-7-22-51(59)52-23-8-12-27-60(52)69/h1-42H. The van der Waals surface area contributed by atoms with Gasteiger partial charge in [0.15, 0.2) is 0 Å². The first-order valence-corrected chi connectivity index (χ1v) is 24.1. The summed E-state index contributed by atoms with van der Waals surface area (Å²) in [7, 11) is 0. The molecule has 4 heterocycles. The van der Waals surface area contributed by atoms with Crippen LogP contribution in [0.2, 0.25) is 0 Å². The van der Waals surface area contributed by atoms with Crippen LogP contribution in [0, 0.1) is 0 Å². The van der Waals surface area contributed by atoms with Crippen LogP contribution < -0.4 is 0 Å². The average Bonchev–Trinajstić information content (AvgIpc) is 4.16. The Hall–Kier alpha value is -9.38. The van der Waals surface area contributed by atoms with Gasteiger partial charge >= 0.3 is 0 Å². The number of aromatic nitrogens is 4. The van der Waals surface area contributed by atoms with Gasteiger partial charge < -0.3 is 18.3 Å². The number of nitrogens with zero attached hydrogens (tertiary/aromatic N) is 4. The molecule has 0 N–H and O–H groups in total. The number of fused-ring (bicyclic) bond motifs is 12. The van der Waals surface area contributed by atoms with Crippen molar-refractivity contribution in [2.24, 2.45) is 0 Å². The molecule has 0 spiro atoms. The van der Waals surface area contributed by atoms with Crippen LogP contribution >= 0.6 is 0 Å². The van der Waals surface area contributed by atoms with Gasteiger partial charge in [0.25, 0.3) is 0 Å².